The summed E-state index contributed by atoms with van der Waals surface area (Å²) in [6.07, 6.45) is 0.183. The summed E-state index contributed by atoms with van der Waals surface area (Å²) in [5, 5.41) is 8.44. The highest BCUT2D eigenvalue weighted by Gasteiger charge is 2.22. The third-order valence-corrected chi connectivity index (χ3v) is 3.23. The second-order valence-electron chi connectivity index (χ2n) is 4.84. The van der Waals surface area contributed by atoms with Crippen molar-refractivity contribution < 1.29 is 23.5 Å². The van der Waals surface area contributed by atoms with E-state index in [1.165, 1.54) is 4.90 Å². The van der Waals surface area contributed by atoms with Crippen LogP contribution in [0.2, 0.25) is 5.02 Å². The number of benzene rings is 1. The van der Waals surface area contributed by atoms with Gasteiger partial charge in [0.15, 0.2) is 11.6 Å². The Hall–Kier alpha value is -1.69. The Bertz CT molecular complexity index is 549. The smallest absolute Gasteiger partial charge is 0.303 e. The van der Waals surface area contributed by atoms with Gasteiger partial charge in [-0.05, 0) is 32.4 Å². The van der Waals surface area contributed by atoms with Crippen molar-refractivity contribution >= 4 is 23.5 Å². The molecular weight excluding hydrogens is 304 g/mol. The Balaban J connectivity index is 2.96. The van der Waals surface area contributed by atoms with Crippen molar-refractivity contribution in [1.29, 1.82) is 0 Å². The number of aliphatic carboxylic acids is 1. The number of carboxylic acid groups (broad SMARTS) is 1. The number of carbonyl (C=O) groups excluding carboxylic acids is 1. The van der Waals surface area contributed by atoms with Gasteiger partial charge in [-0.25, -0.2) is 8.78 Å². The van der Waals surface area contributed by atoms with Gasteiger partial charge in [0.2, 0.25) is 0 Å². The number of hydrogen-bond acceptors (Lipinski definition) is 2. The summed E-state index contributed by atoms with van der Waals surface area (Å²) >= 11 is 5.78. The Morgan fingerprint density at radius 2 is 1.86 bits per heavy atom. The van der Waals surface area contributed by atoms with E-state index in [9.17, 15) is 18.4 Å². The molecule has 0 atom stereocenters. The lowest BCUT2D eigenvalue weighted by Crippen LogP contribution is -2.38. The monoisotopic (exact) mass is 319 g/mol. The molecule has 1 amide bonds. The van der Waals surface area contributed by atoms with Gasteiger partial charge in [-0.3, -0.25) is 9.59 Å². The Labute approximate surface area is 126 Å². The molecule has 0 aliphatic rings. The maximum absolute atomic E-state index is 13.3. The first kappa shape index (κ1) is 17.4. The Kier molecular flexibility index (Phi) is 6.08. The van der Waals surface area contributed by atoms with Crippen LogP contribution in [-0.2, 0) is 4.79 Å². The van der Waals surface area contributed by atoms with Gasteiger partial charge in [-0.1, -0.05) is 11.6 Å². The molecule has 1 aromatic rings. The maximum Gasteiger partial charge on any atom is 0.303 e. The van der Waals surface area contributed by atoms with Crippen molar-refractivity contribution in [3.8, 4) is 0 Å². The van der Waals surface area contributed by atoms with Crippen molar-refractivity contribution in [1.82, 2.24) is 4.90 Å². The van der Waals surface area contributed by atoms with Gasteiger partial charge in [-0.2, -0.15) is 0 Å². The number of carboxylic acids is 1. The van der Waals surface area contributed by atoms with Crippen molar-refractivity contribution in [2.24, 2.45) is 0 Å². The van der Waals surface area contributed by atoms with Gasteiger partial charge in [0.05, 0.1) is 10.6 Å². The molecule has 1 rings (SSSR count). The van der Waals surface area contributed by atoms with Gasteiger partial charge in [-0.15, -0.1) is 0 Å². The van der Waals surface area contributed by atoms with Crippen LogP contribution in [0.3, 0.4) is 0 Å². The van der Waals surface area contributed by atoms with Crippen LogP contribution in [0.1, 0.15) is 37.0 Å². The molecule has 0 radical (unpaired) electrons. The van der Waals surface area contributed by atoms with E-state index in [0.717, 1.165) is 12.1 Å². The van der Waals surface area contributed by atoms with Crippen LogP contribution in [-0.4, -0.2) is 34.5 Å². The number of carbonyl (C=O) groups is 2. The summed E-state index contributed by atoms with van der Waals surface area (Å²) in [4.78, 5) is 24.2. The minimum Gasteiger partial charge on any atom is -0.481 e. The topological polar surface area (TPSA) is 57.6 Å². The average Bonchev–Trinajstić information content (AvgIpc) is 2.37. The van der Waals surface area contributed by atoms with Crippen molar-refractivity contribution in [2.45, 2.75) is 32.7 Å². The fourth-order valence-corrected chi connectivity index (χ4v) is 2.07. The van der Waals surface area contributed by atoms with Crippen molar-refractivity contribution in [2.75, 3.05) is 6.54 Å². The molecule has 0 aliphatic carbocycles. The van der Waals surface area contributed by atoms with Gasteiger partial charge < -0.3 is 10.0 Å². The predicted octanol–water partition coefficient (Wildman–Crippen LogP) is 3.33. The lowest BCUT2D eigenvalue weighted by atomic mass is 10.1. The molecule has 0 unspecified atom stereocenters. The molecule has 1 aromatic carbocycles. The van der Waals surface area contributed by atoms with Crippen LogP contribution in [0.4, 0.5) is 8.78 Å². The van der Waals surface area contributed by atoms with E-state index in [2.05, 4.69) is 0 Å². The van der Waals surface area contributed by atoms with Gasteiger partial charge in [0.1, 0.15) is 0 Å². The Morgan fingerprint density at radius 1 is 1.29 bits per heavy atom. The summed E-state index contributed by atoms with van der Waals surface area (Å²) in [5.41, 5.74) is -0.139. The van der Waals surface area contributed by atoms with Crippen LogP contribution in [0.5, 0.6) is 0 Å². The van der Waals surface area contributed by atoms with Crippen LogP contribution < -0.4 is 0 Å². The summed E-state index contributed by atoms with van der Waals surface area (Å²) in [7, 11) is 0. The quantitative estimate of drug-likeness (QED) is 0.818. The van der Waals surface area contributed by atoms with Crippen LogP contribution in [0, 0.1) is 11.6 Å². The maximum atomic E-state index is 13.3. The minimum absolute atomic E-state index is 0.0813. The summed E-state index contributed by atoms with van der Waals surface area (Å²) in [5.74, 6) is -3.80. The third-order valence-electron chi connectivity index (χ3n) is 2.91. The van der Waals surface area contributed by atoms with Gasteiger partial charge >= 0.3 is 5.97 Å². The zero-order valence-electron chi connectivity index (χ0n) is 11.7. The van der Waals surface area contributed by atoms with Gasteiger partial charge in [0, 0.05) is 19.0 Å². The standard InChI is InChI=1S/C14H16ClF2NO3/c1-8(2)18(5-3-4-13(19)20)14(21)9-6-11(16)12(17)7-10(9)15/h6-8H,3-5H2,1-2H3,(H,19,20). The van der Waals surface area contributed by atoms with Crippen molar-refractivity contribution in [3.63, 3.8) is 0 Å². The van der Waals surface area contributed by atoms with E-state index in [-0.39, 0.29) is 36.0 Å². The second kappa shape index (κ2) is 7.36. The van der Waals surface area contributed by atoms with Crippen LogP contribution in [0.15, 0.2) is 12.1 Å². The third kappa shape index (κ3) is 4.67. The molecule has 1 N–H and O–H groups in total. The molecule has 0 saturated heterocycles. The zero-order chi connectivity index (χ0) is 16.2. The normalized spacial score (nSPS) is 10.8. The van der Waals surface area contributed by atoms with E-state index in [4.69, 9.17) is 16.7 Å². The highest BCUT2D eigenvalue weighted by molar-refractivity contribution is 6.33. The molecule has 4 nitrogen and oxygen atoms in total. The molecule has 21 heavy (non-hydrogen) atoms. The molecule has 116 valence electrons. The minimum atomic E-state index is -1.16. The molecule has 0 fully saturated rings. The summed E-state index contributed by atoms with van der Waals surface area (Å²) in [6, 6.07) is 1.28. The van der Waals surface area contributed by atoms with E-state index >= 15 is 0 Å². The molecular formula is C14H16ClF2NO3. The number of nitrogens with zero attached hydrogens (tertiary/aromatic N) is 1. The SMILES string of the molecule is CC(C)N(CCCC(=O)O)C(=O)c1cc(F)c(F)cc1Cl. The van der Waals surface area contributed by atoms with Crippen LogP contribution in [0.25, 0.3) is 0 Å². The molecule has 7 heteroatoms. The van der Waals surface area contributed by atoms with E-state index < -0.39 is 23.5 Å². The van der Waals surface area contributed by atoms with E-state index in [1.807, 2.05) is 0 Å². The average molecular weight is 320 g/mol. The molecule has 0 heterocycles. The molecule has 0 aliphatic heterocycles. The highest BCUT2D eigenvalue weighted by atomic mass is 35.5. The largest absolute Gasteiger partial charge is 0.481 e. The van der Waals surface area contributed by atoms with Crippen molar-refractivity contribution in [3.05, 3.63) is 34.4 Å². The summed E-state index contributed by atoms with van der Waals surface area (Å²) < 4.78 is 26.3. The fraction of sp³-hybridized carbons (Fsp3) is 0.429. The van der Waals surface area contributed by atoms with E-state index in [0.29, 0.717) is 0 Å². The lowest BCUT2D eigenvalue weighted by molar-refractivity contribution is -0.137. The second-order valence-corrected chi connectivity index (χ2v) is 5.24. The first-order chi connectivity index (χ1) is 9.73. The number of hydrogen-bond donors (Lipinski definition) is 1. The first-order valence-corrected chi connectivity index (χ1v) is 6.79. The highest BCUT2D eigenvalue weighted by Crippen LogP contribution is 2.22. The van der Waals surface area contributed by atoms with Gasteiger partial charge in [0.25, 0.3) is 5.91 Å². The predicted molar refractivity (Wildman–Crippen MR) is 74.4 cm³/mol. The molecule has 0 aromatic heterocycles. The number of amides is 1. The van der Waals surface area contributed by atoms with E-state index in [1.54, 1.807) is 13.8 Å². The first-order valence-electron chi connectivity index (χ1n) is 6.41. The zero-order valence-corrected chi connectivity index (χ0v) is 12.5. The molecule has 0 spiro atoms. The number of rotatable bonds is 6. The molecule has 0 bridgehead atoms. The fourth-order valence-electron chi connectivity index (χ4n) is 1.84. The summed E-state index contributed by atoms with van der Waals surface area (Å²) in [6.45, 7) is 3.68. The Morgan fingerprint density at radius 3 is 2.38 bits per heavy atom. The number of halogens is 3. The molecule has 0 saturated carbocycles. The lowest BCUT2D eigenvalue weighted by Gasteiger charge is -2.27. The van der Waals surface area contributed by atoms with Crippen LogP contribution >= 0.6 is 11.6 Å².